The second kappa shape index (κ2) is 15.9. The Morgan fingerprint density at radius 1 is 0.556 bits per heavy atom. The number of benzene rings is 5. The topological polar surface area (TPSA) is 91.1 Å². The summed E-state index contributed by atoms with van der Waals surface area (Å²) in [6.45, 7) is 3.59. The maximum absolute atomic E-state index is 11.6. The third-order valence-electron chi connectivity index (χ3n) is 7.28. The molecule has 45 heavy (non-hydrogen) atoms. The van der Waals surface area contributed by atoms with Crippen molar-refractivity contribution in [3.05, 3.63) is 156 Å². The summed E-state index contributed by atoms with van der Waals surface area (Å²) in [7, 11) is -3.74. The van der Waals surface area contributed by atoms with Gasteiger partial charge in [-0.1, -0.05) is 97.1 Å². The van der Waals surface area contributed by atoms with Gasteiger partial charge in [0.15, 0.2) is 11.5 Å². The Morgan fingerprint density at radius 2 is 1.11 bits per heavy atom. The maximum Gasteiger partial charge on any atom is 0.238 e. The second-order valence-corrected chi connectivity index (χ2v) is 12.3. The lowest BCUT2D eigenvalue weighted by molar-refractivity contribution is 0.204. The summed E-state index contributed by atoms with van der Waals surface area (Å²) < 4.78 is 41.6. The highest BCUT2D eigenvalue weighted by Gasteiger charge is 2.12. The predicted octanol–water partition coefficient (Wildman–Crippen LogP) is 6.62. The van der Waals surface area contributed by atoms with E-state index >= 15 is 0 Å². The molecule has 0 bridgehead atoms. The van der Waals surface area contributed by atoms with Crippen LogP contribution >= 0.6 is 0 Å². The lowest BCUT2D eigenvalue weighted by Gasteiger charge is -2.23. The molecule has 232 valence electrons. The molecule has 0 fully saturated rings. The highest BCUT2D eigenvalue weighted by molar-refractivity contribution is 7.89. The van der Waals surface area contributed by atoms with Gasteiger partial charge < -0.3 is 14.2 Å². The van der Waals surface area contributed by atoms with Crippen molar-refractivity contribution in [2.45, 2.75) is 31.1 Å². The number of hydrogen-bond donors (Lipinski definition) is 1. The van der Waals surface area contributed by atoms with Crippen LogP contribution in [0.1, 0.15) is 22.3 Å². The zero-order chi connectivity index (χ0) is 31.3. The SMILES string of the molecule is NS(=O)(=O)c1ccc(OCCN(CCc2ccc(OCc3ccccc3)c(OCc3ccccc3)c2)Cc2ccccc2)cc1. The molecule has 0 radical (unpaired) electrons. The first kappa shape index (κ1) is 31.8. The first-order valence-corrected chi connectivity index (χ1v) is 16.5. The fourth-order valence-corrected chi connectivity index (χ4v) is 5.34. The van der Waals surface area contributed by atoms with Gasteiger partial charge >= 0.3 is 0 Å². The molecule has 0 aliphatic rings. The van der Waals surface area contributed by atoms with E-state index in [9.17, 15) is 8.42 Å². The van der Waals surface area contributed by atoms with Crippen molar-refractivity contribution >= 4 is 10.0 Å². The molecule has 0 atom stereocenters. The highest BCUT2D eigenvalue weighted by Crippen LogP contribution is 2.30. The van der Waals surface area contributed by atoms with Gasteiger partial charge in [-0.15, -0.1) is 0 Å². The van der Waals surface area contributed by atoms with Crippen molar-refractivity contribution in [3.8, 4) is 17.2 Å². The van der Waals surface area contributed by atoms with Crippen LogP contribution in [-0.4, -0.2) is 33.0 Å². The number of nitrogens with two attached hydrogens (primary N) is 1. The minimum atomic E-state index is -3.74. The summed E-state index contributed by atoms with van der Waals surface area (Å²) >= 11 is 0. The van der Waals surface area contributed by atoms with Crippen LogP contribution in [0.15, 0.2) is 138 Å². The third-order valence-corrected chi connectivity index (χ3v) is 8.21. The van der Waals surface area contributed by atoms with E-state index in [2.05, 4.69) is 29.2 Å². The molecule has 0 heterocycles. The summed E-state index contributed by atoms with van der Waals surface area (Å²) in [6.07, 6.45) is 0.802. The Labute approximate surface area is 265 Å². The molecule has 0 saturated heterocycles. The summed E-state index contributed by atoms with van der Waals surface area (Å²) in [6, 6.07) is 42.9. The van der Waals surface area contributed by atoms with Crippen molar-refractivity contribution in [1.29, 1.82) is 0 Å². The van der Waals surface area contributed by atoms with Crippen LogP contribution in [0.5, 0.6) is 17.2 Å². The Morgan fingerprint density at radius 3 is 1.69 bits per heavy atom. The third kappa shape index (κ3) is 10.2. The van der Waals surface area contributed by atoms with Gasteiger partial charge in [0.2, 0.25) is 10.0 Å². The molecule has 0 aromatic heterocycles. The van der Waals surface area contributed by atoms with E-state index in [1.807, 2.05) is 84.9 Å². The fourth-order valence-electron chi connectivity index (χ4n) is 4.83. The van der Waals surface area contributed by atoms with E-state index in [-0.39, 0.29) is 4.90 Å². The molecule has 7 nitrogen and oxygen atoms in total. The highest BCUT2D eigenvalue weighted by atomic mass is 32.2. The average molecular weight is 623 g/mol. The molecule has 5 aromatic carbocycles. The minimum absolute atomic E-state index is 0.0594. The molecule has 0 aliphatic carbocycles. The van der Waals surface area contributed by atoms with Crippen molar-refractivity contribution in [2.75, 3.05) is 19.7 Å². The standard InChI is InChI=1S/C37H38N2O5S/c38-45(40,41)35-19-17-34(18-20-35)42-25-24-39(27-31-10-4-1-5-11-31)23-22-30-16-21-36(43-28-32-12-6-2-7-13-32)37(26-30)44-29-33-14-8-3-9-15-33/h1-21,26H,22-25,27-29H2,(H2,38,40,41). The summed E-state index contributed by atoms with van der Waals surface area (Å²) in [5, 5.41) is 5.21. The molecule has 8 heteroatoms. The van der Waals surface area contributed by atoms with E-state index in [1.165, 1.54) is 17.7 Å². The zero-order valence-electron chi connectivity index (χ0n) is 25.1. The first-order chi connectivity index (χ1) is 21.9. The van der Waals surface area contributed by atoms with E-state index in [0.29, 0.717) is 43.6 Å². The monoisotopic (exact) mass is 622 g/mol. The summed E-state index contributed by atoms with van der Waals surface area (Å²) in [5.74, 6) is 2.02. The Hall–Kier alpha value is -4.63. The molecule has 0 spiro atoms. The van der Waals surface area contributed by atoms with Crippen LogP contribution in [0.25, 0.3) is 0 Å². The zero-order valence-corrected chi connectivity index (χ0v) is 25.9. The van der Waals surface area contributed by atoms with Crippen molar-refractivity contribution in [2.24, 2.45) is 5.14 Å². The van der Waals surface area contributed by atoms with Crippen molar-refractivity contribution in [1.82, 2.24) is 4.90 Å². The van der Waals surface area contributed by atoms with Crippen LogP contribution < -0.4 is 19.3 Å². The fraction of sp³-hybridized carbons (Fsp3) is 0.189. The number of hydrogen-bond acceptors (Lipinski definition) is 6. The van der Waals surface area contributed by atoms with Crippen LogP contribution in [0, 0.1) is 0 Å². The van der Waals surface area contributed by atoms with Gasteiger partial charge in [0, 0.05) is 19.6 Å². The molecule has 2 N–H and O–H groups in total. The Balaban J connectivity index is 1.25. The van der Waals surface area contributed by atoms with Crippen LogP contribution in [0.3, 0.4) is 0 Å². The molecule has 0 unspecified atom stereocenters. The lowest BCUT2D eigenvalue weighted by atomic mass is 10.1. The van der Waals surface area contributed by atoms with Crippen LogP contribution in [0.2, 0.25) is 0 Å². The molecular weight excluding hydrogens is 584 g/mol. The van der Waals surface area contributed by atoms with Crippen molar-refractivity contribution < 1.29 is 22.6 Å². The normalized spacial score (nSPS) is 11.3. The van der Waals surface area contributed by atoms with Crippen LogP contribution in [0.4, 0.5) is 0 Å². The van der Waals surface area contributed by atoms with Gasteiger partial charge in [0.05, 0.1) is 4.90 Å². The molecule has 0 amide bonds. The smallest absolute Gasteiger partial charge is 0.238 e. The number of rotatable bonds is 16. The summed E-state index contributed by atoms with van der Waals surface area (Å²) in [4.78, 5) is 2.40. The predicted molar refractivity (Wildman–Crippen MR) is 177 cm³/mol. The largest absolute Gasteiger partial charge is 0.492 e. The Kier molecular flexibility index (Phi) is 11.2. The first-order valence-electron chi connectivity index (χ1n) is 14.9. The van der Waals surface area contributed by atoms with Gasteiger partial charge in [0.25, 0.3) is 0 Å². The van der Waals surface area contributed by atoms with Gasteiger partial charge in [0.1, 0.15) is 25.6 Å². The molecule has 0 aliphatic heterocycles. The number of ether oxygens (including phenoxy) is 3. The molecule has 5 aromatic rings. The number of primary sulfonamides is 1. The van der Waals surface area contributed by atoms with E-state index in [0.717, 1.165) is 36.2 Å². The molecular formula is C37H38N2O5S. The number of sulfonamides is 1. The second-order valence-electron chi connectivity index (χ2n) is 10.7. The summed E-state index contributed by atoms with van der Waals surface area (Å²) in [5.41, 5.74) is 4.54. The van der Waals surface area contributed by atoms with E-state index in [4.69, 9.17) is 19.3 Å². The van der Waals surface area contributed by atoms with Gasteiger partial charge in [-0.25, -0.2) is 13.6 Å². The van der Waals surface area contributed by atoms with E-state index in [1.54, 1.807) is 12.1 Å². The lowest BCUT2D eigenvalue weighted by Crippen LogP contribution is -2.30. The van der Waals surface area contributed by atoms with Crippen LogP contribution in [-0.2, 0) is 36.2 Å². The molecule has 0 saturated carbocycles. The number of nitrogens with zero attached hydrogens (tertiary/aromatic N) is 1. The van der Waals surface area contributed by atoms with Gasteiger partial charge in [-0.05, 0) is 65.1 Å². The van der Waals surface area contributed by atoms with E-state index < -0.39 is 10.0 Å². The maximum atomic E-state index is 11.6. The minimum Gasteiger partial charge on any atom is -0.492 e. The quantitative estimate of drug-likeness (QED) is 0.133. The van der Waals surface area contributed by atoms with Crippen molar-refractivity contribution in [3.63, 3.8) is 0 Å². The van der Waals surface area contributed by atoms with Gasteiger partial charge in [-0.2, -0.15) is 0 Å². The Bertz CT molecular complexity index is 1720. The van der Waals surface area contributed by atoms with Gasteiger partial charge in [-0.3, -0.25) is 4.90 Å². The average Bonchev–Trinajstić information content (AvgIpc) is 3.07. The molecule has 5 rings (SSSR count).